The summed E-state index contributed by atoms with van der Waals surface area (Å²) in [5.74, 6) is 0.513. The third kappa shape index (κ3) is 4.75. The first-order chi connectivity index (χ1) is 11.4. The van der Waals surface area contributed by atoms with Gasteiger partial charge in [0.15, 0.2) is 6.61 Å². The maximum Gasteiger partial charge on any atom is 0.258 e. The van der Waals surface area contributed by atoms with E-state index in [4.69, 9.17) is 16.3 Å². The fourth-order valence-electron chi connectivity index (χ4n) is 2.49. The van der Waals surface area contributed by atoms with Crippen LogP contribution in [0.2, 0.25) is 5.02 Å². The Bertz CT molecular complexity index is 728. The predicted octanol–water partition coefficient (Wildman–Crippen LogP) is 4.91. The number of rotatable bonds is 6. The molecule has 0 aliphatic heterocycles. The Hall–Kier alpha value is -2.00. The zero-order chi connectivity index (χ0) is 17.7. The first-order valence-electron chi connectivity index (χ1n) is 8.16. The number of amides is 1. The monoisotopic (exact) mass is 345 g/mol. The normalized spacial score (nSPS) is 11.9. The Morgan fingerprint density at radius 3 is 2.46 bits per heavy atom. The lowest BCUT2D eigenvalue weighted by molar-refractivity contribution is -0.123. The van der Waals surface area contributed by atoms with Crippen molar-refractivity contribution in [1.29, 1.82) is 0 Å². The molecule has 2 rings (SSSR count). The molecule has 0 heterocycles. The Kier molecular flexibility index (Phi) is 6.27. The zero-order valence-corrected chi connectivity index (χ0v) is 15.4. The zero-order valence-electron chi connectivity index (χ0n) is 14.7. The van der Waals surface area contributed by atoms with E-state index >= 15 is 0 Å². The van der Waals surface area contributed by atoms with Crippen LogP contribution >= 0.6 is 11.6 Å². The highest BCUT2D eigenvalue weighted by atomic mass is 35.5. The third-order valence-electron chi connectivity index (χ3n) is 4.18. The highest BCUT2D eigenvalue weighted by Gasteiger charge is 2.14. The molecular weight excluding hydrogens is 322 g/mol. The lowest BCUT2D eigenvalue weighted by Gasteiger charge is -2.19. The lowest BCUT2D eigenvalue weighted by Crippen LogP contribution is -2.32. The van der Waals surface area contributed by atoms with Gasteiger partial charge in [-0.15, -0.1) is 0 Å². The molecule has 0 saturated carbocycles. The van der Waals surface area contributed by atoms with Gasteiger partial charge in [0.25, 0.3) is 5.91 Å². The Morgan fingerprint density at radius 2 is 1.83 bits per heavy atom. The van der Waals surface area contributed by atoms with Gasteiger partial charge in [-0.3, -0.25) is 4.79 Å². The van der Waals surface area contributed by atoms with E-state index in [9.17, 15) is 4.79 Å². The number of hydrogen-bond donors (Lipinski definition) is 1. The van der Waals surface area contributed by atoms with Crippen molar-refractivity contribution in [2.45, 2.75) is 40.2 Å². The Balaban J connectivity index is 1.96. The van der Waals surface area contributed by atoms with E-state index in [-0.39, 0.29) is 18.6 Å². The molecule has 0 unspecified atom stereocenters. The molecule has 0 saturated heterocycles. The van der Waals surface area contributed by atoms with Gasteiger partial charge in [0, 0.05) is 5.02 Å². The molecule has 24 heavy (non-hydrogen) atoms. The third-order valence-corrected chi connectivity index (χ3v) is 4.60. The Morgan fingerprint density at radius 1 is 1.08 bits per heavy atom. The van der Waals surface area contributed by atoms with Gasteiger partial charge in [-0.2, -0.15) is 0 Å². The minimum atomic E-state index is -0.132. The van der Waals surface area contributed by atoms with E-state index in [1.165, 1.54) is 11.1 Å². The molecule has 2 aromatic rings. The summed E-state index contributed by atoms with van der Waals surface area (Å²) in [6.07, 6.45) is 0.828. The number of benzene rings is 2. The van der Waals surface area contributed by atoms with Gasteiger partial charge in [0.2, 0.25) is 0 Å². The minimum Gasteiger partial charge on any atom is -0.484 e. The molecule has 128 valence electrons. The van der Waals surface area contributed by atoms with E-state index in [2.05, 4.69) is 44.3 Å². The van der Waals surface area contributed by atoms with Crippen LogP contribution in [0.15, 0.2) is 36.4 Å². The summed E-state index contributed by atoms with van der Waals surface area (Å²) in [6.45, 7) is 8.12. The number of carbonyl (C=O) groups is 1. The fourth-order valence-corrected chi connectivity index (χ4v) is 2.61. The van der Waals surface area contributed by atoms with Crippen molar-refractivity contribution in [3.63, 3.8) is 0 Å². The van der Waals surface area contributed by atoms with Gasteiger partial charge >= 0.3 is 0 Å². The SMILES string of the molecule is CC[C@@H](NC(=O)COc1ccc(Cl)c(C)c1)c1ccc(C)c(C)c1. The summed E-state index contributed by atoms with van der Waals surface area (Å²) in [5.41, 5.74) is 4.53. The molecule has 2 aromatic carbocycles. The molecule has 1 atom stereocenters. The predicted molar refractivity (Wildman–Crippen MR) is 98.8 cm³/mol. The molecule has 0 bridgehead atoms. The molecule has 0 aromatic heterocycles. The topological polar surface area (TPSA) is 38.3 Å². The van der Waals surface area contributed by atoms with Gasteiger partial charge in [-0.1, -0.05) is 36.7 Å². The van der Waals surface area contributed by atoms with Crippen molar-refractivity contribution in [3.8, 4) is 5.75 Å². The first kappa shape index (κ1) is 18.3. The lowest BCUT2D eigenvalue weighted by atomic mass is 9.99. The van der Waals surface area contributed by atoms with Gasteiger partial charge in [-0.05, 0) is 67.6 Å². The number of carbonyl (C=O) groups excluding carboxylic acids is 1. The molecule has 0 aliphatic carbocycles. The van der Waals surface area contributed by atoms with Crippen molar-refractivity contribution < 1.29 is 9.53 Å². The fraction of sp³-hybridized carbons (Fsp3) is 0.350. The summed E-state index contributed by atoms with van der Waals surface area (Å²) < 4.78 is 5.56. The highest BCUT2D eigenvalue weighted by Crippen LogP contribution is 2.22. The van der Waals surface area contributed by atoms with Crippen molar-refractivity contribution in [2.75, 3.05) is 6.61 Å². The second-order valence-electron chi connectivity index (χ2n) is 6.07. The number of nitrogens with one attached hydrogen (secondary N) is 1. The van der Waals surface area contributed by atoms with Gasteiger partial charge in [0.1, 0.15) is 5.75 Å². The van der Waals surface area contributed by atoms with Crippen molar-refractivity contribution in [2.24, 2.45) is 0 Å². The van der Waals surface area contributed by atoms with E-state index in [0.717, 1.165) is 17.5 Å². The number of aryl methyl sites for hydroxylation is 3. The smallest absolute Gasteiger partial charge is 0.258 e. The molecule has 3 nitrogen and oxygen atoms in total. The number of hydrogen-bond acceptors (Lipinski definition) is 2. The van der Waals surface area contributed by atoms with Crippen LogP contribution in [-0.4, -0.2) is 12.5 Å². The van der Waals surface area contributed by atoms with E-state index in [0.29, 0.717) is 10.8 Å². The molecule has 0 fully saturated rings. The van der Waals surface area contributed by atoms with Crippen LogP contribution in [0.25, 0.3) is 0 Å². The summed E-state index contributed by atoms with van der Waals surface area (Å²) in [4.78, 5) is 12.2. The molecule has 0 radical (unpaired) electrons. The Labute approximate surface area is 149 Å². The molecule has 0 aliphatic rings. The molecule has 0 spiro atoms. The van der Waals surface area contributed by atoms with Crippen LogP contribution in [0.3, 0.4) is 0 Å². The first-order valence-corrected chi connectivity index (χ1v) is 8.54. The van der Waals surface area contributed by atoms with Crippen LogP contribution < -0.4 is 10.1 Å². The molecule has 4 heteroatoms. The standard InChI is InChI=1S/C20H24ClNO2/c1-5-19(16-7-6-13(2)14(3)10-16)22-20(23)12-24-17-8-9-18(21)15(4)11-17/h6-11,19H,5,12H2,1-4H3,(H,22,23)/t19-/m1/s1. The van der Waals surface area contributed by atoms with Gasteiger partial charge < -0.3 is 10.1 Å². The molecular formula is C20H24ClNO2. The second kappa shape index (κ2) is 8.20. The summed E-state index contributed by atoms with van der Waals surface area (Å²) in [5, 5.41) is 3.72. The maximum absolute atomic E-state index is 12.2. The number of ether oxygens (including phenoxy) is 1. The maximum atomic E-state index is 12.2. The van der Waals surface area contributed by atoms with Crippen molar-refractivity contribution in [1.82, 2.24) is 5.32 Å². The van der Waals surface area contributed by atoms with Crippen LogP contribution in [0.4, 0.5) is 0 Å². The quantitative estimate of drug-likeness (QED) is 0.807. The average molecular weight is 346 g/mol. The molecule has 1 N–H and O–H groups in total. The van der Waals surface area contributed by atoms with Crippen molar-refractivity contribution >= 4 is 17.5 Å². The summed E-state index contributed by atoms with van der Waals surface area (Å²) >= 11 is 5.99. The van der Waals surface area contributed by atoms with E-state index in [1.807, 2.05) is 13.0 Å². The largest absolute Gasteiger partial charge is 0.484 e. The van der Waals surface area contributed by atoms with E-state index < -0.39 is 0 Å². The van der Waals surface area contributed by atoms with Gasteiger partial charge in [0.05, 0.1) is 6.04 Å². The van der Waals surface area contributed by atoms with Crippen molar-refractivity contribution in [3.05, 3.63) is 63.7 Å². The van der Waals surface area contributed by atoms with Crippen LogP contribution in [0, 0.1) is 20.8 Å². The average Bonchev–Trinajstić information content (AvgIpc) is 2.56. The molecule has 1 amide bonds. The minimum absolute atomic E-state index is 0.00708. The van der Waals surface area contributed by atoms with Gasteiger partial charge in [-0.25, -0.2) is 0 Å². The summed E-state index contributed by atoms with van der Waals surface area (Å²) in [6, 6.07) is 11.7. The van der Waals surface area contributed by atoms with Crippen LogP contribution in [-0.2, 0) is 4.79 Å². The highest BCUT2D eigenvalue weighted by molar-refractivity contribution is 6.31. The number of halogens is 1. The van der Waals surface area contributed by atoms with E-state index in [1.54, 1.807) is 12.1 Å². The van der Waals surface area contributed by atoms with Crippen LogP contribution in [0.1, 0.15) is 41.6 Å². The summed E-state index contributed by atoms with van der Waals surface area (Å²) in [7, 11) is 0. The van der Waals surface area contributed by atoms with Crippen LogP contribution in [0.5, 0.6) is 5.75 Å². The second-order valence-corrected chi connectivity index (χ2v) is 6.48.